The third kappa shape index (κ3) is 1.80. The number of halogens is 3. The lowest BCUT2D eigenvalue weighted by Crippen LogP contribution is -2.00. The Kier molecular flexibility index (Phi) is 2.61. The molecule has 1 aliphatic rings. The predicted octanol–water partition coefficient (Wildman–Crippen LogP) is 5.52. The average molecular weight is 402 g/mol. The number of aromatic nitrogens is 1. The van der Waals surface area contributed by atoms with Crippen LogP contribution in [0.3, 0.4) is 0 Å². The van der Waals surface area contributed by atoms with Crippen molar-refractivity contribution >= 4 is 67.6 Å². The average Bonchev–Trinajstić information content (AvgIpc) is 2.89. The summed E-state index contributed by atoms with van der Waals surface area (Å²) in [5.41, 5.74) is 2.43. The van der Waals surface area contributed by atoms with E-state index in [1.807, 2.05) is 0 Å². The van der Waals surface area contributed by atoms with Gasteiger partial charge in [-0.25, -0.2) is 0 Å². The second kappa shape index (κ2) is 4.03. The van der Waals surface area contributed by atoms with E-state index in [-0.39, 0.29) is 6.04 Å². The van der Waals surface area contributed by atoms with Gasteiger partial charge in [0.25, 0.3) is 0 Å². The molecule has 3 aromatic rings. The lowest BCUT2D eigenvalue weighted by Gasteiger charge is -2.07. The summed E-state index contributed by atoms with van der Waals surface area (Å²) in [7, 11) is 0. The molecule has 0 amide bonds. The maximum atomic E-state index is 6.27. The molecule has 1 nitrogen and oxygen atoms in total. The summed E-state index contributed by atoms with van der Waals surface area (Å²) in [4.78, 5) is 0. The number of para-hydroxylation sites is 1. The number of hydrogen-bond acceptors (Lipinski definition) is 0. The van der Waals surface area contributed by atoms with Crippen LogP contribution in [0.2, 0.25) is 0 Å². The zero-order valence-electron chi connectivity index (χ0n) is 9.91. The first-order valence-corrected chi connectivity index (χ1v) is 7.97. The Hall–Kier alpha value is -0.450. The van der Waals surface area contributed by atoms with Crippen molar-refractivity contribution in [2.24, 2.45) is 0 Å². The molecule has 0 spiro atoms. The lowest BCUT2D eigenvalue weighted by molar-refractivity contribution is 0.794. The van der Waals surface area contributed by atoms with Crippen LogP contribution in [0.15, 0.2) is 42.5 Å². The van der Waals surface area contributed by atoms with Gasteiger partial charge in [-0.3, -0.25) is 0 Å². The van der Waals surface area contributed by atoms with E-state index in [4.69, 9.17) is 23.2 Å². The number of rotatable bonds is 1. The highest BCUT2D eigenvalue weighted by Gasteiger charge is 2.53. The quantitative estimate of drug-likeness (QED) is 0.373. The molecule has 19 heavy (non-hydrogen) atoms. The van der Waals surface area contributed by atoms with Crippen LogP contribution in [0.25, 0.3) is 21.8 Å². The highest BCUT2D eigenvalue weighted by Crippen LogP contribution is 2.58. The molecule has 0 aliphatic heterocycles. The van der Waals surface area contributed by atoms with Gasteiger partial charge in [0, 0.05) is 31.8 Å². The van der Waals surface area contributed by atoms with Gasteiger partial charge in [0.15, 0.2) is 0 Å². The molecule has 1 aromatic heterocycles. The Bertz CT molecular complexity index is 806. The Balaban J connectivity index is 2.14. The molecule has 0 saturated heterocycles. The van der Waals surface area contributed by atoms with E-state index in [1.165, 1.54) is 25.4 Å². The summed E-state index contributed by atoms with van der Waals surface area (Å²) in [6.45, 7) is 0. The molecule has 1 saturated carbocycles. The first-order valence-electron chi connectivity index (χ1n) is 6.14. The topological polar surface area (TPSA) is 4.93 Å². The minimum Gasteiger partial charge on any atom is -0.334 e. The number of alkyl halides is 2. The van der Waals surface area contributed by atoms with Crippen molar-refractivity contribution < 1.29 is 0 Å². The van der Waals surface area contributed by atoms with Crippen molar-refractivity contribution in [3.63, 3.8) is 0 Å². The van der Waals surface area contributed by atoms with E-state index in [1.54, 1.807) is 0 Å². The van der Waals surface area contributed by atoms with Crippen LogP contribution >= 0.6 is 45.8 Å². The van der Waals surface area contributed by atoms with E-state index >= 15 is 0 Å². The molecule has 4 rings (SSSR count). The van der Waals surface area contributed by atoms with Gasteiger partial charge in [-0.2, -0.15) is 0 Å². The fourth-order valence-electron chi connectivity index (χ4n) is 2.79. The largest absolute Gasteiger partial charge is 0.334 e. The molecule has 0 bridgehead atoms. The lowest BCUT2D eigenvalue weighted by atomic mass is 10.2. The molecule has 1 fully saturated rings. The van der Waals surface area contributed by atoms with E-state index < -0.39 is 4.33 Å². The molecule has 1 atom stereocenters. The fraction of sp³-hybridized carbons (Fsp3) is 0.200. The monoisotopic (exact) mass is 401 g/mol. The number of hydrogen-bond donors (Lipinski definition) is 0. The number of benzene rings is 2. The first-order chi connectivity index (χ1) is 9.08. The maximum absolute atomic E-state index is 6.27. The van der Waals surface area contributed by atoms with Gasteiger partial charge in [0.1, 0.15) is 4.33 Å². The van der Waals surface area contributed by atoms with Gasteiger partial charge in [-0.05, 0) is 46.9 Å². The third-order valence-corrected chi connectivity index (χ3v) is 5.26. The van der Waals surface area contributed by atoms with Gasteiger partial charge in [-0.15, -0.1) is 0 Å². The molecule has 1 unspecified atom stereocenters. The van der Waals surface area contributed by atoms with Crippen LogP contribution in [-0.2, 0) is 0 Å². The number of nitrogens with zero attached hydrogens (tertiary/aromatic N) is 1. The van der Waals surface area contributed by atoms with Gasteiger partial charge in [0.2, 0.25) is 0 Å². The van der Waals surface area contributed by atoms with Crippen LogP contribution in [0.4, 0.5) is 0 Å². The van der Waals surface area contributed by atoms with Crippen LogP contribution in [0, 0.1) is 3.57 Å². The van der Waals surface area contributed by atoms with Gasteiger partial charge < -0.3 is 4.57 Å². The van der Waals surface area contributed by atoms with Crippen LogP contribution in [0.1, 0.15) is 12.5 Å². The van der Waals surface area contributed by atoms with E-state index in [0.717, 1.165) is 6.42 Å². The summed E-state index contributed by atoms with van der Waals surface area (Å²) in [5.74, 6) is 0. The highest BCUT2D eigenvalue weighted by molar-refractivity contribution is 14.1. The van der Waals surface area contributed by atoms with Crippen molar-refractivity contribution in [3.8, 4) is 0 Å². The Morgan fingerprint density at radius 2 is 1.74 bits per heavy atom. The maximum Gasteiger partial charge on any atom is 0.141 e. The van der Waals surface area contributed by atoms with E-state index in [9.17, 15) is 0 Å². The molecule has 0 N–H and O–H groups in total. The van der Waals surface area contributed by atoms with Crippen molar-refractivity contribution in [1.29, 1.82) is 0 Å². The molecule has 1 heterocycles. The van der Waals surface area contributed by atoms with Crippen molar-refractivity contribution in [3.05, 3.63) is 46.0 Å². The minimum atomic E-state index is -0.613. The molecule has 96 valence electrons. The molecular weight excluding hydrogens is 392 g/mol. The van der Waals surface area contributed by atoms with Crippen LogP contribution < -0.4 is 0 Å². The smallest absolute Gasteiger partial charge is 0.141 e. The zero-order valence-corrected chi connectivity index (χ0v) is 13.6. The van der Waals surface area contributed by atoms with Crippen molar-refractivity contribution in [2.45, 2.75) is 16.8 Å². The first kappa shape index (κ1) is 12.3. The van der Waals surface area contributed by atoms with Gasteiger partial charge >= 0.3 is 0 Å². The normalized spacial score (nSPS) is 21.1. The molecule has 2 aromatic carbocycles. The Morgan fingerprint density at radius 1 is 1.05 bits per heavy atom. The number of fused-ring (bicyclic) bond motifs is 3. The van der Waals surface area contributed by atoms with E-state index in [2.05, 4.69) is 69.6 Å². The highest BCUT2D eigenvalue weighted by atomic mass is 127. The molecular formula is C15H10Cl2IN. The minimum absolute atomic E-state index is 0.179. The standard InChI is InChI=1S/C15H10Cl2IN/c16-15(17)8-14(15)19-12-4-2-1-3-10(12)11-7-9(18)5-6-13(11)19/h1-7,14H,8H2. The molecule has 0 radical (unpaired) electrons. The zero-order chi connectivity index (χ0) is 13.2. The Labute approximate surface area is 134 Å². The summed E-state index contributed by atoms with van der Waals surface area (Å²) < 4.78 is 2.92. The second-order valence-electron chi connectivity index (χ2n) is 5.03. The van der Waals surface area contributed by atoms with E-state index in [0.29, 0.717) is 0 Å². The van der Waals surface area contributed by atoms with Crippen LogP contribution in [0.5, 0.6) is 0 Å². The van der Waals surface area contributed by atoms with Gasteiger partial charge in [-0.1, -0.05) is 41.4 Å². The summed E-state index contributed by atoms with van der Waals surface area (Å²) in [6, 6.07) is 15.1. The summed E-state index contributed by atoms with van der Waals surface area (Å²) in [5, 5.41) is 2.55. The Morgan fingerprint density at radius 3 is 2.47 bits per heavy atom. The predicted molar refractivity (Wildman–Crippen MR) is 90.3 cm³/mol. The SMILES string of the molecule is ClC1(Cl)CC1n1c2ccccc2c2cc(I)ccc21. The summed E-state index contributed by atoms with van der Waals surface area (Å²) >= 11 is 14.9. The van der Waals surface area contributed by atoms with Gasteiger partial charge in [0.05, 0.1) is 6.04 Å². The van der Waals surface area contributed by atoms with Crippen LogP contribution in [-0.4, -0.2) is 8.90 Å². The van der Waals surface area contributed by atoms with Crippen molar-refractivity contribution in [1.82, 2.24) is 4.57 Å². The molecule has 1 aliphatic carbocycles. The second-order valence-corrected chi connectivity index (χ2v) is 7.82. The fourth-order valence-corrected chi connectivity index (χ4v) is 3.77. The third-order valence-electron chi connectivity index (χ3n) is 3.78. The summed E-state index contributed by atoms with van der Waals surface area (Å²) in [6.07, 6.45) is 0.815. The molecule has 4 heteroatoms. The van der Waals surface area contributed by atoms with Crippen molar-refractivity contribution in [2.75, 3.05) is 0 Å².